The zero-order valence-corrected chi connectivity index (χ0v) is 20.5. The molecular weight excluding hydrogens is 466 g/mol. The molecule has 3 aromatic carbocycles. The number of nitrogens with one attached hydrogen (secondary N) is 1. The molecule has 0 spiro atoms. The number of nitro benzene ring substituents is 1. The number of hydrogen-bond donors (Lipinski definition) is 3. The number of ether oxygens (including phenoxy) is 1. The normalized spacial score (nSPS) is 10.5. The van der Waals surface area contributed by atoms with Gasteiger partial charge in [-0.3, -0.25) is 19.8 Å². The Balaban J connectivity index is 2.20. The third-order valence-corrected chi connectivity index (χ3v) is 5.74. The average Bonchev–Trinajstić information content (AvgIpc) is 2.82. The van der Waals surface area contributed by atoms with Crippen molar-refractivity contribution in [2.24, 2.45) is 5.73 Å². The van der Waals surface area contributed by atoms with E-state index in [4.69, 9.17) is 28.4 Å². The first kappa shape index (κ1) is 25.4. The quantitative estimate of drug-likeness (QED) is 0.179. The summed E-state index contributed by atoms with van der Waals surface area (Å²) in [5.41, 5.74) is 16.2. The second-order valence-corrected chi connectivity index (χ2v) is 8.27. The van der Waals surface area contributed by atoms with Gasteiger partial charge in [-0.25, -0.2) is 0 Å². The van der Waals surface area contributed by atoms with Crippen molar-refractivity contribution in [1.29, 1.82) is 0 Å². The fraction of sp³-hybridized carbons (Fsp3) is 0.200. The molecule has 0 bridgehead atoms. The molecule has 0 heterocycles. The van der Waals surface area contributed by atoms with E-state index in [1.165, 1.54) is 19.2 Å². The van der Waals surface area contributed by atoms with Crippen molar-refractivity contribution in [3.63, 3.8) is 0 Å². The topological polar surface area (TPSA) is 137 Å². The summed E-state index contributed by atoms with van der Waals surface area (Å²) in [4.78, 5) is 24.7. The monoisotopic (exact) mass is 493 g/mol. The predicted octanol–water partition coefficient (Wildman–Crippen LogP) is 4.62. The summed E-state index contributed by atoms with van der Waals surface area (Å²) in [6, 6.07) is 15.5. The number of para-hydroxylation sites is 1. The van der Waals surface area contributed by atoms with Crippen LogP contribution in [0.25, 0.3) is 0 Å². The first-order valence-corrected chi connectivity index (χ1v) is 11.3. The van der Waals surface area contributed by atoms with Crippen LogP contribution in [0.15, 0.2) is 54.6 Å². The van der Waals surface area contributed by atoms with Crippen LogP contribution in [0.1, 0.15) is 23.6 Å². The Morgan fingerprint density at radius 3 is 2.49 bits per heavy atom. The van der Waals surface area contributed by atoms with E-state index in [-0.39, 0.29) is 22.9 Å². The third-order valence-electron chi connectivity index (χ3n) is 5.45. The van der Waals surface area contributed by atoms with Gasteiger partial charge in [-0.2, -0.15) is 0 Å². The smallest absolute Gasteiger partial charge is 0.296 e. The van der Waals surface area contributed by atoms with E-state index >= 15 is 0 Å². The van der Waals surface area contributed by atoms with Crippen LogP contribution in [-0.4, -0.2) is 23.1 Å². The summed E-state index contributed by atoms with van der Waals surface area (Å²) in [7, 11) is 1.43. The van der Waals surface area contributed by atoms with Crippen molar-refractivity contribution >= 4 is 51.7 Å². The van der Waals surface area contributed by atoms with Crippen LogP contribution in [0, 0.1) is 17.0 Å². The highest BCUT2D eigenvalue weighted by Crippen LogP contribution is 2.38. The lowest BCUT2D eigenvalue weighted by Crippen LogP contribution is -2.33. The summed E-state index contributed by atoms with van der Waals surface area (Å²) in [5, 5.41) is 14.8. The first-order chi connectivity index (χ1) is 16.7. The molecule has 0 aromatic heterocycles. The van der Waals surface area contributed by atoms with Gasteiger partial charge in [0.25, 0.3) is 5.69 Å². The SMILES string of the molecule is CCc1cc(C)cc(N(C(=S)Nc2ccc(OC)cc2[N+](=O)[O-])c2ccccc2CC(N)=O)c1N. The van der Waals surface area contributed by atoms with E-state index in [0.29, 0.717) is 34.8 Å². The van der Waals surface area contributed by atoms with Crippen LogP contribution in [0.3, 0.4) is 0 Å². The van der Waals surface area contributed by atoms with Crippen LogP contribution in [0.4, 0.5) is 28.4 Å². The number of nitrogens with two attached hydrogens (primary N) is 2. The number of anilines is 4. The van der Waals surface area contributed by atoms with Crippen LogP contribution >= 0.6 is 12.2 Å². The molecule has 0 fully saturated rings. The van der Waals surface area contributed by atoms with Gasteiger partial charge in [0.2, 0.25) is 5.91 Å². The Morgan fingerprint density at radius 1 is 1.14 bits per heavy atom. The maximum absolute atomic E-state index is 11.8. The Kier molecular flexibility index (Phi) is 7.87. The highest BCUT2D eigenvalue weighted by Gasteiger charge is 2.24. The number of primary amides is 1. The number of benzene rings is 3. The number of nitro groups is 1. The number of nitrogens with zero attached hydrogens (tertiary/aromatic N) is 2. The minimum absolute atomic E-state index is 0.0235. The number of hydrogen-bond acceptors (Lipinski definition) is 6. The summed E-state index contributed by atoms with van der Waals surface area (Å²) < 4.78 is 5.12. The van der Waals surface area contributed by atoms with Gasteiger partial charge in [0.15, 0.2) is 5.11 Å². The second kappa shape index (κ2) is 10.8. The molecule has 3 rings (SSSR count). The summed E-state index contributed by atoms with van der Waals surface area (Å²) in [6.45, 7) is 3.94. The molecule has 0 saturated heterocycles. The van der Waals surface area contributed by atoms with Crippen molar-refractivity contribution in [3.05, 3.63) is 81.4 Å². The maximum atomic E-state index is 11.8. The number of methoxy groups -OCH3 is 1. The van der Waals surface area contributed by atoms with Crippen molar-refractivity contribution in [3.8, 4) is 5.75 Å². The molecule has 3 aromatic rings. The van der Waals surface area contributed by atoms with E-state index in [2.05, 4.69) is 5.32 Å². The van der Waals surface area contributed by atoms with Gasteiger partial charge in [0, 0.05) is 0 Å². The van der Waals surface area contributed by atoms with Gasteiger partial charge in [-0.05, 0) is 66.5 Å². The average molecular weight is 494 g/mol. The summed E-state index contributed by atoms with van der Waals surface area (Å²) in [6.07, 6.45) is 0.672. The lowest BCUT2D eigenvalue weighted by molar-refractivity contribution is -0.384. The predicted molar refractivity (Wildman–Crippen MR) is 142 cm³/mol. The van der Waals surface area contributed by atoms with E-state index < -0.39 is 10.8 Å². The summed E-state index contributed by atoms with van der Waals surface area (Å²) >= 11 is 5.77. The standard InChI is InChI=1S/C25H27N5O4S/c1-4-16-11-15(2)12-22(24(16)27)29(20-8-6-5-7-17(20)13-23(26)31)25(35)28-19-10-9-18(34-3)14-21(19)30(32)33/h5-12,14H,4,13,27H2,1-3H3,(H2,26,31)(H,28,35). The Bertz CT molecular complexity index is 1290. The van der Waals surface area contributed by atoms with Gasteiger partial charge >= 0.3 is 0 Å². The fourth-order valence-corrected chi connectivity index (χ4v) is 4.12. The van der Waals surface area contributed by atoms with Crippen molar-refractivity contribution < 1.29 is 14.5 Å². The molecule has 10 heteroatoms. The number of amides is 1. The van der Waals surface area contributed by atoms with Crippen LogP contribution < -0.4 is 26.4 Å². The number of aryl methyl sites for hydroxylation is 2. The Morgan fingerprint density at radius 2 is 1.86 bits per heavy atom. The van der Waals surface area contributed by atoms with Crippen molar-refractivity contribution in [2.45, 2.75) is 26.7 Å². The highest BCUT2D eigenvalue weighted by molar-refractivity contribution is 7.80. The first-order valence-electron chi connectivity index (χ1n) is 10.8. The number of rotatable bonds is 8. The minimum atomic E-state index is -0.519. The fourth-order valence-electron chi connectivity index (χ4n) is 3.81. The molecule has 9 nitrogen and oxygen atoms in total. The molecule has 182 valence electrons. The Hall–Kier alpha value is -4.18. The maximum Gasteiger partial charge on any atom is 0.296 e. The lowest BCUT2D eigenvalue weighted by atomic mass is 10.0. The molecule has 0 saturated carbocycles. The zero-order valence-electron chi connectivity index (χ0n) is 19.7. The number of carbonyl (C=O) groups is 1. The lowest BCUT2D eigenvalue weighted by Gasteiger charge is -2.30. The van der Waals surface area contributed by atoms with Crippen LogP contribution in [0.5, 0.6) is 5.75 Å². The van der Waals surface area contributed by atoms with Gasteiger partial charge < -0.3 is 21.5 Å². The van der Waals surface area contributed by atoms with Crippen molar-refractivity contribution in [1.82, 2.24) is 0 Å². The molecule has 0 atom stereocenters. The number of carbonyl (C=O) groups excluding carboxylic acids is 1. The molecule has 0 aliphatic rings. The molecule has 0 radical (unpaired) electrons. The molecule has 1 amide bonds. The molecule has 0 aliphatic heterocycles. The van der Waals surface area contributed by atoms with E-state index in [1.54, 1.807) is 35.2 Å². The van der Waals surface area contributed by atoms with Gasteiger partial charge in [-0.1, -0.05) is 31.2 Å². The number of nitrogen functional groups attached to an aromatic ring is 1. The molecule has 0 unspecified atom stereocenters. The van der Waals surface area contributed by atoms with Gasteiger partial charge in [0.05, 0.1) is 41.6 Å². The molecule has 5 N–H and O–H groups in total. The van der Waals surface area contributed by atoms with Gasteiger partial charge in [0.1, 0.15) is 11.4 Å². The van der Waals surface area contributed by atoms with Crippen molar-refractivity contribution in [2.75, 3.05) is 23.1 Å². The molecular formula is C25H27N5O4S. The zero-order chi connectivity index (χ0) is 25.7. The largest absolute Gasteiger partial charge is 0.496 e. The van der Waals surface area contributed by atoms with Crippen LogP contribution in [0.2, 0.25) is 0 Å². The third kappa shape index (κ3) is 5.67. The van der Waals surface area contributed by atoms with E-state index in [9.17, 15) is 14.9 Å². The highest BCUT2D eigenvalue weighted by atomic mass is 32.1. The van der Waals surface area contributed by atoms with Crippen LogP contribution in [-0.2, 0) is 17.6 Å². The summed E-state index contributed by atoms with van der Waals surface area (Å²) in [5.74, 6) is -0.166. The Labute approximate surface area is 208 Å². The minimum Gasteiger partial charge on any atom is -0.496 e. The molecule has 0 aliphatic carbocycles. The second-order valence-electron chi connectivity index (χ2n) is 7.89. The van der Waals surface area contributed by atoms with E-state index in [1.807, 2.05) is 26.0 Å². The number of thiocarbonyl (C=S) groups is 1. The van der Waals surface area contributed by atoms with Gasteiger partial charge in [-0.15, -0.1) is 0 Å². The molecule has 35 heavy (non-hydrogen) atoms. The van der Waals surface area contributed by atoms with E-state index in [0.717, 1.165) is 11.1 Å².